The second-order valence-electron chi connectivity index (χ2n) is 8.08. The van der Waals surface area contributed by atoms with Crippen molar-refractivity contribution in [1.29, 1.82) is 0 Å². The minimum absolute atomic E-state index is 1.02. The number of pyridine rings is 1. The maximum atomic E-state index is 4.16. The predicted molar refractivity (Wildman–Crippen MR) is 169 cm³/mol. The molecule has 2 rings (SSSR count). The highest BCUT2D eigenvalue weighted by Crippen LogP contribution is 2.27. The van der Waals surface area contributed by atoms with E-state index in [1.807, 2.05) is 38.3 Å². The van der Waals surface area contributed by atoms with Gasteiger partial charge in [-0.25, -0.2) is 0 Å². The average Bonchev–Trinajstić information content (AvgIpc) is 2.95. The van der Waals surface area contributed by atoms with Gasteiger partial charge < -0.3 is 0 Å². The highest BCUT2D eigenvalue weighted by Gasteiger charge is 2.07. The van der Waals surface area contributed by atoms with E-state index in [0.29, 0.717) is 0 Å². The smallest absolute Gasteiger partial charge is 0.0346 e. The van der Waals surface area contributed by atoms with Crippen LogP contribution in [0.25, 0.3) is 5.57 Å². The van der Waals surface area contributed by atoms with Crippen molar-refractivity contribution in [3.63, 3.8) is 0 Å². The molecule has 0 bridgehead atoms. The maximum Gasteiger partial charge on any atom is 0.0346 e. The second-order valence-corrected chi connectivity index (χ2v) is 8.08. The topological polar surface area (TPSA) is 12.9 Å². The fourth-order valence-electron chi connectivity index (χ4n) is 2.75. The van der Waals surface area contributed by atoms with Crippen LogP contribution in [-0.2, 0) is 0 Å². The first-order valence-corrected chi connectivity index (χ1v) is 13.4. The van der Waals surface area contributed by atoms with E-state index in [4.69, 9.17) is 0 Å². The fraction of sp³-hybridized carbons (Fsp3) is 0.400. The molecule has 0 radical (unpaired) electrons. The summed E-state index contributed by atoms with van der Waals surface area (Å²) in [6, 6.07) is 4.01. The summed E-state index contributed by atoms with van der Waals surface area (Å²) in [6.07, 6.45) is 24.3. The van der Waals surface area contributed by atoms with Crippen LogP contribution in [0.3, 0.4) is 0 Å². The molecule has 0 unspecified atom stereocenters. The third-order valence-electron chi connectivity index (χ3n) is 5.41. The molecule has 1 aromatic heterocycles. The van der Waals surface area contributed by atoms with Gasteiger partial charge in [0.15, 0.2) is 0 Å². The lowest BCUT2D eigenvalue weighted by atomic mass is 9.90. The van der Waals surface area contributed by atoms with Crippen molar-refractivity contribution in [1.82, 2.24) is 4.98 Å². The predicted octanol–water partition coefficient (Wildman–Crippen LogP) is 11.8. The maximum absolute atomic E-state index is 4.16. The largest absolute Gasteiger partial charge is 0.264 e. The summed E-state index contributed by atoms with van der Waals surface area (Å²) in [5.41, 5.74) is 8.02. The highest BCUT2D eigenvalue weighted by atomic mass is 14.6. The van der Waals surface area contributed by atoms with Crippen LogP contribution in [0, 0.1) is 0 Å². The molecule has 0 atom stereocenters. The zero-order chi connectivity index (χ0) is 28.2. The van der Waals surface area contributed by atoms with E-state index in [1.165, 1.54) is 36.0 Å². The molecule has 1 fully saturated rings. The van der Waals surface area contributed by atoms with Gasteiger partial charge >= 0.3 is 0 Å². The summed E-state index contributed by atoms with van der Waals surface area (Å²) in [5, 5.41) is 0. The van der Waals surface area contributed by atoms with E-state index in [1.54, 1.807) is 11.8 Å². The lowest BCUT2D eigenvalue weighted by molar-refractivity contribution is 0.727. The van der Waals surface area contributed by atoms with E-state index in [-0.39, 0.29) is 0 Å². The molecule has 0 aliphatic heterocycles. The molecule has 0 saturated heterocycles. The van der Waals surface area contributed by atoms with Gasteiger partial charge in [0, 0.05) is 12.4 Å². The van der Waals surface area contributed by atoms with E-state index < -0.39 is 0 Å². The zero-order valence-electron chi connectivity index (χ0n) is 24.7. The summed E-state index contributed by atoms with van der Waals surface area (Å²) in [4.78, 5) is 4.16. The van der Waals surface area contributed by atoms with E-state index in [9.17, 15) is 0 Å². The standard InChI is InChI=1S/C21H25N.C6H12.C4H8.C2H6.C2H4/c1-4-20(21-6-5-15-22-16-21)14-10-18(3)9-13-19-11-7-17(2)8-12-19;1-4-6(3)5-2;1-3-4-2;2*1-2/h4-6,10,13-16H,1-2,7-9,11-12H2,3H3;4H,5H2,1-3H3;3H,1,4H2,2H3;1-2H3;1-2H2/b18-10+,20-14+;6-4+;;;. The van der Waals surface area contributed by atoms with Crippen LogP contribution >= 0.6 is 0 Å². The van der Waals surface area contributed by atoms with Crippen molar-refractivity contribution < 1.29 is 0 Å². The molecule has 1 heterocycles. The summed E-state index contributed by atoms with van der Waals surface area (Å²) in [6.45, 7) is 32.1. The molecule has 0 N–H and O–H groups in total. The number of nitrogens with zero attached hydrogens (tertiary/aromatic N) is 1. The van der Waals surface area contributed by atoms with Crippen LogP contribution in [0.2, 0.25) is 0 Å². The quantitative estimate of drug-likeness (QED) is 0.274. The van der Waals surface area contributed by atoms with Crippen molar-refractivity contribution in [2.45, 2.75) is 93.4 Å². The minimum atomic E-state index is 1.02. The van der Waals surface area contributed by atoms with Gasteiger partial charge in [-0.15, -0.1) is 19.7 Å². The second kappa shape index (κ2) is 28.3. The Kier molecular flexibility index (Phi) is 29.6. The molecule has 36 heavy (non-hydrogen) atoms. The summed E-state index contributed by atoms with van der Waals surface area (Å²) in [7, 11) is 0. The first-order chi connectivity index (χ1) is 17.4. The fourth-order valence-corrected chi connectivity index (χ4v) is 2.75. The van der Waals surface area contributed by atoms with E-state index in [2.05, 4.69) is 103 Å². The Labute approximate surface area is 225 Å². The van der Waals surface area contributed by atoms with Crippen LogP contribution in [-0.4, -0.2) is 4.98 Å². The van der Waals surface area contributed by atoms with Crippen LogP contribution in [0.4, 0.5) is 0 Å². The van der Waals surface area contributed by atoms with E-state index >= 15 is 0 Å². The molecule has 1 aliphatic carbocycles. The zero-order valence-corrected chi connectivity index (χ0v) is 24.7. The van der Waals surface area contributed by atoms with Gasteiger partial charge in [0.25, 0.3) is 0 Å². The van der Waals surface area contributed by atoms with Gasteiger partial charge in [-0.3, -0.25) is 4.98 Å². The van der Waals surface area contributed by atoms with Gasteiger partial charge in [0.2, 0.25) is 0 Å². The number of rotatable bonds is 7. The molecule has 0 spiro atoms. The molecule has 1 aliphatic rings. The monoisotopic (exact) mass is 489 g/mol. The number of aromatic nitrogens is 1. The molecule has 1 aromatic rings. The number of allylic oxidation sites excluding steroid dienone is 11. The van der Waals surface area contributed by atoms with Gasteiger partial charge in [0.1, 0.15) is 0 Å². The molecule has 0 aromatic carbocycles. The summed E-state index contributed by atoms with van der Waals surface area (Å²) < 4.78 is 0. The van der Waals surface area contributed by atoms with Gasteiger partial charge in [-0.1, -0.05) is 106 Å². The molecule has 1 heteroatoms. The third-order valence-corrected chi connectivity index (χ3v) is 5.41. The van der Waals surface area contributed by atoms with Crippen LogP contribution < -0.4 is 0 Å². The first-order valence-electron chi connectivity index (χ1n) is 13.4. The summed E-state index contributed by atoms with van der Waals surface area (Å²) in [5.74, 6) is 0. The molecule has 200 valence electrons. The highest BCUT2D eigenvalue weighted by molar-refractivity contribution is 5.74. The third kappa shape index (κ3) is 21.6. The number of hydrogen-bond acceptors (Lipinski definition) is 1. The Balaban J connectivity index is -0.000000647. The van der Waals surface area contributed by atoms with Crippen molar-refractivity contribution in [2.24, 2.45) is 0 Å². The molecular weight excluding hydrogens is 434 g/mol. The van der Waals surface area contributed by atoms with Crippen molar-refractivity contribution in [2.75, 3.05) is 0 Å². The first kappa shape index (κ1) is 37.6. The Hall–Kier alpha value is -2.93. The van der Waals surface area contributed by atoms with Crippen LogP contribution in [0.5, 0.6) is 0 Å². The van der Waals surface area contributed by atoms with Gasteiger partial charge in [0.05, 0.1) is 0 Å². The van der Waals surface area contributed by atoms with Crippen molar-refractivity contribution >= 4 is 5.57 Å². The van der Waals surface area contributed by atoms with Crippen LogP contribution in [0.1, 0.15) is 99.0 Å². The normalized spacial score (nSPS) is 13.1. The van der Waals surface area contributed by atoms with Gasteiger partial charge in [-0.2, -0.15) is 0 Å². The van der Waals surface area contributed by atoms with E-state index in [0.717, 1.165) is 36.8 Å². The minimum Gasteiger partial charge on any atom is -0.264 e. The van der Waals surface area contributed by atoms with Gasteiger partial charge in [-0.05, 0) is 82.9 Å². The lowest BCUT2D eigenvalue weighted by Crippen LogP contribution is -1.96. The van der Waals surface area contributed by atoms with Crippen molar-refractivity contribution in [3.8, 4) is 0 Å². The van der Waals surface area contributed by atoms with Crippen LogP contribution in [0.15, 0.2) is 116 Å². The molecule has 1 nitrogen and oxygen atoms in total. The molecular formula is C35H55N. The SMILES string of the molecule is C/C=C(\C)CC.C=C.C=C/C(=C\C=C(/C)CC=C1CCC(=C)CC1)c1cccnc1.C=CCC.CC. The number of hydrogen-bond donors (Lipinski definition) is 0. The Bertz CT molecular complexity index is 803. The lowest BCUT2D eigenvalue weighted by Gasteiger charge is -2.16. The Morgan fingerprint density at radius 1 is 0.972 bits per heavy atom. The average molecular weight is 490 g/mol. The summed E-state index contributed by atoms with van der Waals surface area (Å²) >= 11 is 0. The van der Waals surface area contributed by atoms with Crippen molar-refractivity contribution in [3.05, 3.63) is 122 Å². The Morgan fingerprint density at radius 3 is 1.94 bits per heavy atom. The molecule has 0 amide bonds. The Morgan fingerprint density at radius 2 is 1.56 bits per heavy atom. The molecule has 1 saturated carbocycles.